The zero-order valence-electron chi connectivity index (χ0n) is 19.5. The first-order chi connectivity index (χ1) is 17.1. The summed E-state index contributed by atoms with van der Waals surface area (Å²) in [4.78, 5) is 16.2. The van der Waals surface area contributed by atoms with Gasteiger partial charge in [0.05, 0.1) is 18.8 Å². The van der Waals surface area contributed by atoms with Crippen LogP contribution in [0.4, 0.5) is 10.5 Å². The number of nitrogens with zero attached hydrogens (tertiary/aromatic N) is 2. The van der Waals surface area contributed by atoms with Gasteiger partial charge in [0.25, 0.3) is 0 Å². The van der Waals surface area contributed by atoms with Gasteiger partial charge in [-0.05, 0) is 23.3 Å². The first-order valence-corrected chi connectivity index (χ1v) is 12.3. The summed E-state index contributed by atoms with van der Waals surface area (Å²) in [7, 11) is 1.97. The van der Waals surface area contributed by atoms with Crippen LogP contribution in [0.5, 0.6) is 0 Å². The number of amides is 1. The molecule has 3 aromatic rings. The number of aliphatic hydroxyl groups is 1. The van der Waals surface area contributed by atoms with Crippen LogP contribution in [0.1, 0.15) is 35.5 Å². The highest BCUT2D eigenvalue weighted by Crippen LogP contribution is 2.39. The predicted octanol–water partition coefficient (Wildman–Crippen LogP) is 4.98. The van der Waals surface area contributed by atoms with Crippen LogP contribution in [0.3, 0.4) is 0 Å². The maximum absolute atomic E-state index is 11.8. The Morgan fingerprint density at radius 3 is 2.63 bits per heavy atom. The quantitative estimate of drug-likeness (QED) is 0.319. The number of hydrogen-bond acceptors (Lipinski definition) is 7. The van der Waals surface area contributed by atoms with Gasteiger partial charge in [0.1, 0.15) is 6.61 Å². The molecule has 1 saturated heterocycles. The standard InChI is InChI=1S/C26H29N3O5S/c1-3-14-32-26(31)28-21-10-8-20(9-11-21)24-33-22(17-35-25-27-12-13-29(25)2)15-23(34-24)19-6-4-18(16-30)5-7-19/h3-13,22-24,30H,1,14-17H2,2H3,(H,28,31)/t22-,23+,24+/m1/s1. The maximum atomic E-state index is 11.8. The molecule has 1 fully saturated rings. The Morgan fingerprint density at radius 1 is 1.23 bits per heavy atom. The molecule has 2 aromatic carbocycles. The molecule has 0 aliphatic carbocycles. The number of carbonyl (C=O) groups is 1. The van der Waals surface area contributed by atoms with E-state index in [1.54, 1.807) is 30.1 Å². The average Bonchev–Trinajstić information content (AvgIpc) is 3.31. The summed E-state index contributed by atoms with van der Waals surface area (Å²) in [5, 5.41) is 13.0. The van der Waals surface area contributed by atoms with Gasteiger partial charge in [-0.15, -0.1) is 0 Å². The van der Waals surface area contributed by atoms with Crippen molar-refractivity contribution in [1.29, 1.82) is 0 Å². The highest BCUT2D eigenvalue weighted by atomic mass is 32.2. The van der Waals surface area contributed by atoms with Gasteiger partial charge in [0.2, 0.25) is 0 Å². The highest BCUT2D eigenvalue weighted by molar-refractivity contribution is 7.99. The van der Waals surface area contributed by atoms with Crippen LogP contribution < -0.4 is 5.32 Å². The van der Waals surface area contributed by atoms with Crippen LogP contribution in [0.15, 0.2) is 78.7 Å². The highest BCUT2D eigenvalue weighted by Gasteiger charge is 2.32. The Balaban J connectivity index is 1.48. The van der Waals surface area contributed by atoms with E-state index in [-0.39, 0.29) is 25.4 Å². The summed E-state index contributed by atoms with van der Waals surface area (Å²) in [6.07, 6.45) is 4.57. The lowest BCUT2D eigenvalue weighted by Gasteiger charge is -2.36. The summed E-state index contributed by atoms with van der Waals surface area (Å²) in [6, 6.07) is 15.1. The van der Waals surface area contributed by atoms with E-state index in [9.17, 15) is 9.90 Å². The third-order valence-electron chi connectivity index (χ3n) is 5.55. The minimum absolute atomic E-state index is 0.00197. The van der Waals surface area contributed by atoms with Crippen molar-refractivity contribution >= 4 is 23.5 Å². The van der Waals surface area contributed by atoms with Gasteiger partial charge in [-0.1, -0.05) is 60.8 Å². The minimum Gasteiger partial charge on any atom is -0.445 e. The number of aryl methyl sites for hydroxylation is 1. The lowest BCUT2D eigenvalue weighted by atomic mass is 10.0. The summed E-state index contributed by atoms with van der Waals surface area (Å²) in [6.45, 7) is 3.67. The predicted molar refractivity (Wildman–Crippen MR) is 134 cm³/mol. The first-order valence-electron chi connectivity index (χ1n) is 11.3. The molecule has 9 heteroatoms. The zero-order valence-corrected chi connectivity index (χ0v) is 20.3. The van der Waals surface area contributed by atoms with Gasteiger partial charge >= 0.3 is 6.09 Å². The molecule has 0 unspecified atom stereocenters. The van der Waals surface area contributed by atoms with Crippen LogP contribution in [0.25, 0.3) is 0 Å². The number of carbonyl (C=O) groups excluding carboxylic acids is 1. The Kier molecular flexibility index (Phi) is 8.59. The molecule has 184 valence electrons. The number of ether oxygens (including phenoxy) is 3. The number of imidazole rings is 1. The fourth-order valence-corrected chi connectivity index (χ4v) is 4.64. The van der Waals surface area contributed by atoms with Crippen molar-refractivity contribution in [3.05, 3.63) is 90.3 Å². The Morgan fingerprint density at radius 2 is 1.97 bits per heavy atom. The van der Waals surface area contributed by atoms with Gasteiger partial charge in [0.15, 0.2) is 11.4 Å². The summed E-state index contributed by atoms with van der Waals surface area (Å²) in [5.41, 5.74) is 3.34. The lowest BCUT2D eigenvalue weighted by molar-refractivity contribution is -0.245. The third kappa shape index (κ3) is 6.73. The molecule has 0 saturated carbocycles. The molecule has 2 N–H and O–H groups in total. The second-order valence-corrected chi connectivity index (χ2v) is 9.10. The van der Waals surface area contributed by atoms with Gasteiger partial charge in [-0.2, -0.15) is 0 Å². The van der Waals surface area contributed by atoms with Gasteiger partial charge in [0, 0.05) is 42.9 Å². The van der Waals surface area contributed by atoms with Crippen LogP contribution in [-0.2, 0) is 27.9 Å². The van der Waals surface area contributed by atoms with Crippen molar-refractivity contribution in [2.45, 2.75) is 36.7 Å². The molecule has 8 nitrogen and oxygen atoms in total. The number of hydrogen-bond donors (Lipinski definition) is 2. The molecule has 35 heavy (non-hydrogen) atoms. The van der Waals surface area contributed by atoms with Crippen LogP contribution in [0.2, 0.25) is 0 Å². The molecule has 1 aliphatic heterocycles. The van der Waals surface area contributed by atoms with E-state index in [1.807, 2.05) is 54.2 Å². The molecule has 3 atom stereocenters. The van der Waals surface area contributed by atoms with Crippen molar-refractivity contribution in [2.75, 3.05) is 17.7 Å². The van der Waals surface area contributed by atoms with E-state index in [2.05, 4.69) is 16.9 Å². The molecule has 4 rings (SSSR count). The zero-order chi connectivity index (χ0) is 24.6. The first kappa shape index (κ1) is 25.0. The lowest BCUT2D eigenvalue weighted by Crippen LogP contribution is -2.31. The van der Waals surface area contributed by atoms with E-state index in [0.29, 0.717) is 12.1 Å². The molecule has 0 spiro atoms. The Labute approximate surface area is 208 Å². The van der Waals surface area contributed by atoms with E-state index in [0.717, 1.165) is 27.6 Å². The van der Waals surface area contributed by atoms with Gasteiger partial charge < -0.3 is 23.9 Å². The Bertz CT molecular complexity index is 1120. The topological polar surface area (TPSA) is 94.8 Å². The van der Waals surface area contributed by atoms with Crippen molar-refractivity contribution in [1.82, 2.24) is 9.55 Å². The normalized spacial score (nSPS) is 19.8. The largest absolute Gasteiger partial charge is 0.445 e. The summed E-state index contributed by atoms with van der Waals surface area (Å²) < 4.78 is 19.6. The summed E-state index contributed by atoms with van der Waals surface area (Å²) >= 11 is 1.65. The number of rotatable bonds is 9. The van der Waals surface area contributed by atoms with Crippen molar-refractivity contribution in [3.8, 4) is 0 Å². The van der Waals surface area contributed by atoms with Crippen molar-refractivity contribution in [3.63, 3.8) is 0 Å². The number of nitrogens with one attached hydrogen (secondary N) is 1. The minimum atomic E-state index is -0.569. The van der Waals surface area contributed by atoms with Gasteiger partial charge in [-0.25, -0.2) is 9.78 Å². The van der Waals surface area contributed by atoms with E-state index < -0.39 is 12.4 Å². The number of benzene rings is 2. The van der Waals surface area contributed by atoms with E-state index >= 15 is 0 Å². The van der Waals surface area contributed by atoms with Crippen molar-refractivity contribution in [2.24, 2.45) is 7.05 Å². The molecule has 0 radical (unpaired) electrons. The number of anilines is 1. The van der Waals surface area contributed by atoms with E-state index in [4.69, 9.17) is 14.2 Å². The van der Waals surface area contributed by atoms with Gasteiger partial charge in [-0.3, -0.25) is 5.32 Å². The third-order valence-corrected chi connectivity index (χ3v) is 6.74. The molecule has 0 bridgehead atoms. The number of aliphatic hydroxyl groups excluding tert-OH is 1. The molecular formula is C26H29N3O5S. The van der Waals surface area contributed by atoms with Crippen LogP contribution >= 0.6 is 11.8 Å². The fourth-order valence-electron chi connectivity index (χ4n) is 3.69. The molecule has 1 amide bonds. The maximum Gasteiger partial charge on any atom is 0.411 e. The summed E-state index contributed by atoms with van der Waals surface area (Å²) in [5.74, 6) is 0.727. The molecule has 1 aromatic heterocycles. The number of thioether (sulfide) groups is 1. The Hall–Kier alpha value is -3.11. The molecular weight excluding hydrogens is 466 g/mol. The van der Waals surface area contributed by atoms with E-state index in [1.165, 1.54) is 6.08 Å². The number of aromatic nitrogens is 2. The monoisotopic (exact) mass is 495 g/mol. The second kappa shape index (κ2) is 12.0. The van der Waals surface area contributed by atoms with Crippen LogP contribution in [0, 0.1) is 0 Å². The SMILES string of the molecule is C=CCOC(=O)Nc1ccc([C@H]2O[C@@H](CSc3nccn3C)C[C@@H](c3ccc(CO)cc3)O2)cc1. The average molecular weight is 496 g/mol. The van der Waals surface area contributed by atoms with Crippen LogP contribution in [-0.4, -0.2) is 39.2 Å². The second-order valence-electron chi connectivity index (χ2n) is 8.12. The smallest absolute Gasteiger partial charge is 0.411 e. The molecule has 2 heterocycles. The fraction of sp³-hybridized carbons (Fsp3) is 0.308. The molecule has 1 aliphatic rings. The van der Waals surface area contributed by atoms with Crippen molar-refractivity contribution < 1.29 is 24.1 Å².